The summed E-state index contributed by atoms with van der Waals surface area (Å²) in [7, 11) is 1.35. The predicted octanol–water partition coefficient (Wildman–Crippen LogP) is 2.76. The first-order valence-corrected chi connectivity index (χ1v) is 7.66. The van der Waals surface area contributed by atoms with Crippen LogP contribution in [0.2, 0.25) is 0 Å². The summed E-state index contributed by atoms with van der Waals surface area (Å²) in [6.45, 7) is 0. The lowest BCUT2D eigenvalue weighted by Crippen LogP contribution is -2.16. The molecule has 1 aliphatic carbocycles. The lowest BCUT2D eigenvalue weighted by molar-refractivity contribution is 0.0601. The van der Waals surface area contributed by atoms with E-state index in [0.717, 1.165) is 12.8 Å². The minimum absolute atomic E-state index is 0.384. The van der Waals surface area contributed by atoms with Crippen LogP contribution in [0.3, 0.4) is 0 Å². The average Bonchev–Trinajstić information content (AvgIpc) is 3.07. The van der Waals surface area contributed by atoms with Gasteiger partial charge in [-0.15, -0.1) is 5.10 Å². The molecular weight excluding hydrogens is 294 g/mol. The van der Waals surface area contributed by atoms with Crippen molar-refractivity contribution in [3.05, 3.63) is 36.0 Å². The smallest absolute Gasteiger partial charge is 0.337 e. The second-order valence-electron chi connectivity index (χ2n) is 5.49. The Kier molecular flexibility index (Phi) is 4.65. The molecule has 1 aromatic carbocycles. The molecule has 0 saturated heterocycles. The standard InChI is InChI=1S/C16H19N5O2/c1-23-15(22)11-5-4-8-13(9-11)19-16-20-14(10-17-21-16)18-12-6-2-3-7-12/h4-5,8-10,12H,2-3,6-7H2,1H3,(H2,18,19,20,21). The molecule has 7 heteroatoms. The largest absolute Gasteiger partial charge is 0.465 e. The van der Waals surface area contributed by atoms with Crippen LogP contribution in [0.15, 0.2) is 30.5 Å². The maximum Gasteiger partial charge on any atom is 0.337 e. The number of carbonyl (C=O) groups excluding carboxylic acids is 1. The molecule has 2 N–H and O–H groups in total. The van der Waals surface area contributed by atoms with Gasteiger partial charge in [-0.1, -0.05) is 18.9 Å². The summed E-state index contributed by atoms with van der Waals surface area (Å²) in [6, 6.07) is 7.43. The number of aromatic nitrogens is 3. The highest BCUT2D eigenvalue weighted by atomic mass is 16.5. The zero-order chi connectivity index (χ0) is 16.1. The van der Waals surface area contributed by atoms with E-state index in [-0.39, 0.29) is 5.97 Å². The fourth-order valence-corrected chi connectivity index (χ4v) is 2.68. The van der Waals surface area contributed by atoms with Gasteiger partial charge >= 0.3 is 5.97 Å². The van der Waals surface area contributed by atoms with Crippen LogP contribution in [0.1, 0.15) is 36.0 Å². The summed E-state index contributed by atoms with van der Waals surface area (Å²) in [5, 5.41) is 14.4. The number of nitrogens with one attached hydrogen (secondary N) is 2. The van der Waals surface area contributed by atoms with Gasteiger partial charge in [0.2, 0.25) is 5.95 Å². The predicted molar refractivity (Wildman–Crippen MR) is 86.8 cm³/mol. The van der Waals surface area contributed by atoms with Crippen LogP contribution >= 0.6 is 0 Å². The number of nitrogens with zero attached hydrogens (tertiary/aromatic N) is 3. The molecule has 0 radical (unpaired) electrons. The van der Waals surface area contributed by atoms with Gasteiger partial charge in [0.25, 0.3) is 0 Å². The summed E-state index contributed by atoms with van der Waals surface area (Å²) >= 11 is 0. The second-order valence-corrected chi connectivity index (χ2v) is 5.49. The van der Waals surface area contributed by atoms with Crippen molar-refractivity contribution in [3.63, 3.8) is 0 Å². The van der Waals surface area contributed by atoms with E-state index in [1.165, 1.54) is 20.0 Å². The molecule has 0 bridgehead atoms. The Morgan fingerprint density at radius 1 is 1.30 bits per heavy atom. The van der Waals surface area contributed by atoms with Gasteiger partial charge in [0.15, 0.2) is 5.82 Å². The normalized spacial score (nSPS) is 14.5. The molecule has 7 nitrogen and oxygen atoms in total. The van der Waals surface area contributed by atoms with Crippen molar-refractivity contribution >= 4 is 23.4 Å². The van der Waals surface area contributed by atoms with E-state index in [0.29, 0.717) is 29.1 Å². The summed E-state index contributed by atoms with van der Waals surface area (Å²) in [5.41, 5.74) is 1.17. The van der Waals surface area contributed by atoms with E-state index in [2.05, 4.69) is 25.8 Å². The lowest BCUT2D eigenvalue weighted by atomic mass is 10.2. The van der Waals surface area contributed by atoms with Crippen molar-refractivity contribution in [2.24, 2.45) is 0 Å². The van der Waals surface area contributed by atoms with Gasteiger partial charge in [-0.2, -0.15) is 10.1 Å². The molecule has 1 aliphatic rings. The number of hydrogen-bond acceptors (Lipinski definition) is 7. The highest BCUT2D eigenvalue weighted by Gasteiger charge is 2.15. The van der Waals surface area contributed by atoms with Crippen LogP contribution in [0, 0.1) is 0 Å². The number of benzene rings is 1. The number of hydrogen-bond donors (Lipinski definition) is 2. The number of esters is 1. The third-order valence-electron chi connectivity index (χ3n) is 3.81. The van der Waals surface area contributed by atoms with Crippen LogP contribution in [0.5, 0.6) is 0 Å². The Morgan fingerprint density at radius 2 is 2.13 bits per heavy atom. The van der Waals surface area contributed by atoms with Gasteiger partial charge in [-0.3, -0.25) is 0 Å². The molecule has 0 amide bonds. The van der Waals surface area contributed by atoms with E-state index < -0.39 is 0 Å². The van der Waals surface area contributed by atoms with Gasteiger partial charge in [-0.25, -0.2) is 4.79 Å². The highest BCUT2D eigenvalue weighted by Crippen LogP contribution is 2.22. The number of ether oxygens (including phenoxy) is 1. The average molecular weight is 313 g/mol. The van der Waals surface area contributed by atoms with Crippen molar-refractivity contribution in [1.29, 1.82) is 0 Å². The van der Waals surface area contributed by atoms with Gasteiger partial charge in [-0.05, 0) is 31.0 Å². The van der Waals surface area contributed by atoms with Gasteiger partial charge in [0.05, 0.1) is 18.9 Å². The highest BCUT2D eigenvalue weighted by molar-refractivity contribution is 5.90. The molecule has 0 spiro atoms. The molecule has 2 aromatic rings. The Morgan fingerprint density at radius 3 is 2.91 bits per heavy atom. The molecule has 1 heterocycles. The first-order chi connectivity index (χ1) is 11.2. The molecule has 3 rings (SSSR count). The molecule has 1 fully saturated rings. The van der Waals surface area contributed by atoms with E-state index in [4.69, 9.17) is 4.74 Å². The fourth-order valence-electron chi connectivity index (χ4n) is 2.68. The number of anilines is 3. The molecule has 1 aromatic heterocycles. The topological polar surface area (TPSA) is 89.0 Å². The first-order valence-electron chi connectivity index (χ1n) is 7.66. The van der Waals surface area contributed by atoms with Crippen LogP contribution in [0.4, 0.5) is 17.5 Å². The van der Waals surface area contributed by atoms with Crippen LogP contribution in [-0.4, -0.2) is 34.3 Å². The summed E-state index contributed by atoms with van der Waals surface area (Å²) in [4.78, 5) is 16.0. The van der Waals surface area contributed by atoms with Crippen LogP contribution in [-0.2, 0) is 4.74 Å². The van der Waals surface area contributed by atoms with Gasteiger partial charge < -0.3 is 15.4 Å². The molecule has 1 saturated carbocycles. The zero-order valence-corrected chi connectivity index (χ0v) is 13.0. The second kappa shape index (κ2) is 7.04. The summed E-state index contributed by atoms with van der Waals surface area (Å²) < 4.78 is 4.71. The van der Waals surface area contributed by atoms with Crippen molar-refractivity contribution in [3.8, 4) is 0 Å². The minimum Gasteiger partial charge on any atom is -0.465 e. The number of rotatable bonds is 5. The van der Waals surface area contributed by atoms with Crippen molar-refractivity contribution < 1.29 is 9.53 Å². The molecule has 120 valence electrons. The Hall–Kier alpha value is -2.70. The maximum atomic E-state index is 11.6. The first kappa shape index (κ1) is 15.2. The van der Waals surface area contributed by atoms with Gasteiger partial charge in [0, 0.05) is 11.7 Å². The molecular formula is C16H19N5O2. The van der Waals surface area contributed by atoms with Crippen LogP contribution in [0.25, 0.3) is 0 Å². The Bertz CT molecular complexity index is 686. The maximum absolute atomic E-state index is 11.6. The Balaban J connectivity index is 1.71. The molecule has 0 aliphatic heterocycles. The summed E-state index contributed by atoms with van der Waals surface area (Å²) in [5.74, 6) is 0.706. The van der Waals surface area contributed by atoms with Crippen molar-refractivity contribution in [1.82, 2.24) is 15.2 Å². The van der Waals surface area contributed by atoms with Crippen molar-refractivity contribution in [2.75, 3.05) is 17.7 Å². The van der Waals surface area contributed by atoms with Crippen molar-refractivity contribution in [2.45, 2.75) is 31.7 Å². The van der Waals surface area contributed by atoms with Crippen LogP contribution < -0.4 is 10.6 Å². The number of carbonyl (C=O) groups is 1. The SMILES string of the molecule is COC(=O)c1cccc(Nc2nncc(NC3CCCC3)n2)c1. The molecule has 0 atom stereocenters. The quantitative estimate of drug-likeness (QED) is 0.820. The Labute approximate surface area is 134 Å². The zero-order valence-electron chi connectivity index (χ0n) is 13.0. The van der Waals surface area contributed by atoms with E-state index in [1.54, 1.807) is 24.4 Å². The molecule has 0 unspecified atom stereocenters. The fraction of sp³-hybridized carbons (Fsp3) is 0.375. The van der Waals surface area contributed by atoms with E-state index >= 15 is 0 Å². The van der Waals surface area contributed by atoms with E-state index in [9.17, 15) is 4.79 Å². The monoisotopic (exact) mass is 313 g/mol. The third kappa shape index (κ3) is 3.94. The minimum atomic E-state index is -0.385. The third-order valence-corrected chi connectivity index (χ3v) is 3.81. The lowest BCUT2D eigenvalue weighted by Gasteiger charge is -2.12. The van der Waals surface area contributed by atoms with Gasteiger partial charge in [0.1, 0.15) is 0 Å². The van der Waals surface area contributed by atoms with E-state index in [1.807, 2.05) is 6.07 Å². The number of methoxy groups -OCH3 is 1. The molecule has 23 heavy (non-hydrogen) atoms. The summed E-state index contributed by atoms with van der Waals surface area (Å²) in [6.07, 6.45) is 6.44.